The van der Waals surface area contributed by atoms with E-state index >= 15 is 0 Å². The summed E-state index contributed by atoms with van der Waals surface area (Å²) in [6.07, 6.45) is 5.15. The molecule has 0 aromatic heterocycles. The van der Waals surface area contributed by atoms with Crippen LogP contribution >= 0.6 is 0 Å². The zero-order valence-corrected chi connectivity index (χ0v) is 11.2. The van der Waals surface area contributed by atoms with E-state index in [1.54, 1.807) is 0 Å². The summed E-state index contributed by atoms with van der Waals surface area (Å²) in [6.45, 7) is 2.98. The molecule has 98 valence electrons. The first-order valence-corrected chi connectivity index (χ1v) is 7.05. The van der Waals surface area contributed by atoms with Gasteiger partial charge in [-0.3, -0.25) is 0 Å². The van der Waals surface area contributed by atoms with Gasteiger partial charge in [-0.15, -0.1) is 0 Å². The first-order chi connectivity index (χ1) is 8.77. The van der Waals surface area contributed by atoms with Crippen LogP contribution in [0.2, 0.25) is 0 Å². The molecule has 1 aliphatic heterocycles. The van der Waals surface area contributed by atoms with Gasteiger partial charge in [0.15, 0.2) is 0 Å². The van der Waals surface area contributed by atoms with Crippen LogP contribution in [0, 0.1) is 0 Å². The summed E-state index contributed by atoms with van der Waals surface area (Å²) < 4.78 is 0. The molecule has 0 saturated heterocycles. The number of benzene rings is 1. The second-order valence-electron chi connectivity index (χ2n) is 5.70. The van der Waals surface area contributed by atoms with Crippen LogP contribution in [-0.2, 0) is 0 Å². The van der Waals surface area contributed by atoms with E-state index in [-0.39, 0.29) is 5.54 Å². The summed E-state index contributed by atoms with van der Waals surface area (Å²) in [4.78, 5) is 4.94. The first kappa shape index (κ1) is 11.8. The number of nitrogens with two attached hydrogens (primary N) is 1. The Morgan fingerprint density at radius 3 is 2.44 bits per heavy atom. The largest absolute Gasteiger partial charge is 0.371 e. The lowest BCUT2D eigenvalue weighted by Crippen LogP contribution is -2.56. The van der Waals surface area contributed by atoms with Gasteiger partial charge in [0, 0.05) is 26.7 Å². The summed E-state index contributed by atoms with van der Waals surface area (Å²) in [5.74, 6) is 0. The van der Waals surface area contributed by atoms with Gasteiger partial charge in [0.05, 0.1) is 16.9 Å². The average molecular weight is 245 g/mol. The number of rotatable bonds is 2. The van der Waals surface area contributed by atoms with E-state index < -0.39 is 0 Å². The average Bonchev–Trinajstić information content (AvgIpc) is 2.89. The van der Waals surface area contributed by atoms with Crippen molar-refractivity contribution >= 4 is 11.4 Å². The Bertz CT molecular complexity index is 424. The lowest BCUT2D eigenvalue weighted by Gasteiger charge is -2.47. The summed E-state index contributed by atoms with van der Waals surface area (Å²) in [7, 11) is 2.18. The summed E-state index contributed by atoms with van der Waals surface area (Å²) >= 11 is 0. The molecule has 0 atom stereocenters. The fourth-order valence-electron chi connectivity index (χ4n) is 3.62. The van der Waals surface area contributed by atoms with E-state index in [1.165, 1.54) is 37.1 Å². The molecule has 2 aliphatic rings. The standard InChI is InChI=1S/C15H23N3/c1-17-10-11-18(14-7-3-2-6-13(14)17)15(12-16)8-4-5-9-15/h2-3,6-7H,4-5,8-12,16H2,1H3. The van der Waals surface area contributed by atoms with Crippen molar-refractivity contribution in [2.45, 2.75) is 31.2 Å². The predicted molar refractivity (Wildman–Crippen MR) is 77.3 cm³/mol. The van der Waals surface area contributed by atoms with Crippen LogP contribution in [0.15, 0.2) is 24.3 Å². The monoisotopic (exact) mass is 245 g/mol. The molecule has 1 fully saturated rings. The van der Waals surface area contributed by atoms with E-state index in [9.17, 15) is 0 Å². The molecule has 3 nitrogen and oxygen atoms in total. The molecule has 18 heavy (non-hydrogen) atoms. The summed E-state index contributed by atoms with van der Waals surface area (Å²) in [5.41, 5.74) is 9.08. The van der Waals surface area contributed by atoms with Gasteiger partial charge >= 0.3 is 0 Å². The zero-order chi connectivity index (χ0) is 12.6. The number of nitrogens with zero attached hydrogens (tertiary/aromatic N) is 2. The number of para-hydroxylation sites is 2. The fourth-order valence-corrected chi connectivity index (χ4v) is 3.62. The molecule has 1 aromatic rings. The maximum atomic E-state index is 6.14. The molecular weight excluding hydrogens is 222 g/mol. The molecule has 0 spiro atoms. The molecule has 0 amide bonds. The first-order valence-electron chi connectivity index (χ1n) is 7.05. The van der Waals surface area contributed by atoms with E-state index in [1.807, 2.05) is 0 Å². The molecule has 1 saturated carbocycles. The Kier molecular flexibility index (Phi) is 2.94. The number of fused-ring (bicyclic) bond motifs is 1. The highest BCUT2D eigenvalue weighted by molar-refractivity contribution is 5.74. The lowest BCUT2D eigenvalue weighted by atomic mass is 9.93. The topological polar surface area (TPSA) is 32.5 Å². The highest BCUT2D eigenvalue weighted by atomic mass is 15.3. The molecule has 0 radical (unpaired) electrons. The van der Waals surface area contributed by atoms with E-state index in [0.717, 1.165) is 19.6 Å². The Labute approximate surface area is 110 Å². The van der Waals surface area contributed by atoms with E-state index in [0.29, 0.717) is 0 Å². The molecular formula is C15H23N3. The molecule has 2 N–H and O–H groups in total. The van der Waals surface area contributed by atoms with Crippen LogP contribution in [0.1, 0.15) is 25.7 Å². The van der Waals surface area contributed by atoms with Crippen LogP contribution in [-0.4, -0.2) is 32.2 Å². The molecule has 1 aliphatic carbocycles. The van der Waals surface area contributed by atoms with E-state index in [4.69, 9.17) is 5.73 Å². The van der Waals surface area contributed by atoms with Gasteiger partial charge in [-0.1, -0.05) is 25.0 Å². The second kappa shape index (κ2) is 4.47. The minimum Gasteiger partial charge on any atom is -0.371 e. The van der Waals surface area contributed by atoms with Gasteiger partial charge in [0.25, 0.3) is 0 Å². The van der Waals surface area contributed by atoms with Gasteiger partial charge in [-0.05, 0) is 25.0 Å². The van der Waals surface area contributed by atoms with Crippen LogP contribution in [0.25, 0.3) is 0 Å². The fraction of sp³-hybridized carbons (Fsp3) is 0.600. The third kappa shape index (κ3) is 1.69. The van der Waals surface area contributed by atoms with Crippen LogP contribution in [0.4, 0.5) is 11.4 Å². The quantitative estimate of drug-likeness (QED) is 0.867. The minimum absolute atomic E-state index is 0.220. The van der Waals surface area contributed by atoms with Crippen molar-refractivity contribution in [1.29, 1.82) is 0 Å². The number of anilines is 2. The smallest absolute Gasteiger partial charge is 0.0609 e. The molecule has 1 heterocycles. The van der Waals surface area contributed by atoms with Crippen molar-refractivity contribution in [2.75, 3.05) is 36.5 Å². The molecule has 3 heteroatoms. The molecule has 3 rings (SSSR count). The van der Waals surface area contributed by atoms with Crippen molar-refractivity contribution < 1.29 is 0 Å². The second-order valence-corrected chi connectivity index (χ2v) is 5.70. The molecule has 1 aromatic carbocycles. The van der Waals surface area contributed by atoms with Crippen molar-refractivity contribution in [1.82, 2.24) is 0 Å². The van der Waals surface area contributed by atoms with Gasteiger partial charge in [0.1, 0.15) is 0 Å². The van der Waals surface area contributed by atoms with Crippen molar-refractivity contribution in [3.63, 3.8) is 0 Å². The summed E-state index contributed by atoms with van der Waals surface area (Å²) in [5, 5.41) is 0. The van der Waals surface area contributed by atoms with Gasteiger partial charge < -0.3 is 15.5 Å². The van der Waals surface area contributed by atoms with Gasteiger partial charge in [-0.25, -0.2) is 0 Å². The Morgan fingerprint density at radius 1 is 1.11 bits per heavy atom. The van der Waals surface area contributed by atoms with Crippen molar-refractivity contribution in [3.8, 4) is 0 Å². The third-order valence-corrected chi connectivity index (χ3v) is 4.73. The van der Waals surface area contributed by atoms with Crippen molar-refractivity contribution in [3.05, 3.63) is 24.3 Å². The molecule has 0 bridgehead atoms. The minimum atomic E-state index is 0.220. The SMILES string of the molecule is CN1CCN(C2(CN)CCCC2)c2ccccc21. The summed E-state index contributed by atoms with van der Waals surface area (Å²) in [6, 6.07) is 8.74. The van der Waals surface area contributed by atoms with Crippen LogP contribution in [0.5, 0.6) is 0 Å². The Morgan fingerprint density at radius 2 is 1.78 bits per heavy atom. The predicted octanol–water partition coefficient (Wildman–Crippen LogP) is 2.21. The van der Waals surface area contributed by atoms with Gasteiger partial charge in [0.2, 0.25) is 0 Å². The van der Waals surface area contributed by atoms with Crippen molar-refractivity contribution in [2.24, 2.45) is 5.73 Å². The maximum absolute atomic E-state index is 6.14. The molecule has 0 unspecified atom stereocenters. The highest BCUT2D eigenvalue weighted by Crippen LogP contribution is 2.42. The normalized spacial score (nSPS) is 22.1. The highest BCUT2D eigenvalue weighted by Gasteiger charge is 2.40. The Balaban J connectivity index is 2.01. The van der Waals surface area contributed by atoms with E-state index in [2.05, 4.69) is 41.1 Å². The van der Waals surface area contributed by atoms with Gasteiger partial charge in [-0.2, -0.15) is 0 Å². The van der Waals surface area contributed by atoms with Crippen LogP contribution < -0.4 is 15.5 Å². The maximum Gasteiger partial charge on any atom is 0.0609 e. The lowest BCUT2D eigenvalue weighted by molar-refractivity contribution is 0.400. The Hall–Kier alpha value is -1.22. The zero-order valence-electron chi connectivity index (χ0n) is 11.2. The number of hydrogen-bond donors (Lipinski definition) is 1. The number of hydrogen-bond acceptors (Lipinski definition) is 3. The third-order valence-electron chi connectivity index (χ3n) is 4.73. The number of likely N-dealkylation sites (N-methyl/N-ethyl adjacent to an activating group) is 1. The van der Waals surface area contributed by atoms with Crippen LogP contribution in [0.3, 0.4) is 0 Å².